The van der Waals surface area contributed by atoms with Gasteiger partial charge in [0.15, 0.2) is 5.13 Å². The standard InChI is InChI=1S/C17H20N2O3S/c1-4-22-16(21)15-12(3)18-17(23-15)19-14(20)10-11(2)13-8-6-5-7-9-13/h5-9,11H,4,10H2,1-3H3,(H,18,19,20)/t11-/m0/s1. The van der Waals surface area contributed by atoms with Gasteiger partial charge >= 0.3 is 5.97 Å². The van der Waals surface area contributed by atoms with Crippen LogP contribution in [0, 0.1) is 6.92 Å². The van der Waals surface area contributed by atoms with E-state index < -0.39 is 5.97 Å². The number of aryl methyl sites for hydroxylation is 1. The molecule has 23 heavy (non-hydrogen) atoms. The molecule has 0 unspecified atom stereocenters. The number of nitrogens with one attached hydrogen (secondary N) is 1. The summed E-state index contributed by atoms with van der Waals surface area (Å²) in [4.78, 5) is 28.6. The second kappa shape index (κ2) is 7.87. The van der Waals surface area contributed by atoms with Crippen LogP contribution in [0.3, 0.4) is 0 Å². The first kappa shape index (κ1) is 17.1. The zero-order valence-electron chi connectivity index (χ0n) is 13.5. The molecule has 0 saturated carbocycles. The molecule has 1 aromatic carbocycles. The van der Waals surface area contributed by atoms with E-state index >= 15 is 0 Å². The zero-order chi connectivity index (χ0) is 16.8. The molecule has 1 N–H and O–H groups in total. The van der Waals surface area contributed by atoms with Crippen LogP contribution in [0.15, 0.2) is 30.3 Å². The average molecular weight is 332 g/mol. The number of carbonyl (C=O) groups is 2. The minimum Gasteiger partial charge on any atom is -0.462 e. The quantitative estimate of drug-likeness (QED) is 0.818. The van der Waals surface area contributed by atoms with Gasteiger partial charge in [0.05, 0.1) is 12.3 Å². The SMILES string of the molecule is CCOC(=O)c1sc(NC(=O)C[C@H](C)c2ccccc2)nc1C. The molecule has 0 saturated heterocycles. The van der Waals surface area contributed by atoms with Crippen LogP contribution < -0.4 is 5.32 Å². The maximum absolute atomic E-state index is 12.2. The number of thiazole rings is 1. The van der Waals surface area contributed by atoms with Crippen molar-refractivity contribution in [1.82, 2.24) is 4.98 Å². The fourth-order valence-electron chi connectivity index (χ4n) is 2.18. The lowest BCUT2D eigenvalue weighted by Crippen LogP contribution is -2.14. The predicted molar refractivity (Wildman–Crippen MR) is 90.9 cm³/mol. The molecule has 1 aromatic heterocycles. The van der Waals surface area contributed by atoms with Crippen molar-refractivity contribution < 1.29 is 14.3 Å². The first-order chi connectivity index (χ1) is 11.0. The number of ether oxygens (including phenoxy) is 1. The first-order valence-electron chi connectivity index (χ1n) is 7.50. The summed E-state index contributed by atoms with van der Waals surface area (Å²) in [6, 6.07) is 9.87. The molecule has 2 aromatic rings. The zero-order valence-corrected chi connectivity index (χ0v) is 14.3. The number of amides is 1. The second-order valence-electron chi connectivity index (χ2n) is 5.22. The van der Waals surface area contributed by atoms with Crippen molar-refractivity contribution >= 4 is 28.3 Å². The average Bonchev–Trinajstić information content (AvgIpc) is 2.88. The van der Waals surface area contributed by atoms with Crippen molar-refractivity contribution in [2.75, 3.05) is 11.9 Å². The van der Waals surface area contributed by atoms with Gasteiger partial charge in [-0.05, 0) is 25.3 Å². The molecule has 0 aliphatic carbocycles. The third-order valence-corrected chi connectivity index (χ3v) is 4.42. The molecular weight excluding hydrogens is 312 g/mol. The van der Waals surface area contributed by atoms with Gasteiger partial charge in [-0.2, -0.15) is 0 Å². The monoisotopic (exact) mass is 332 g/mol. The number of rotatable bonds is 6. The van der Waals surface area contributed by atoms with Crippen LogP contribution in [0.5, 0.6) is 0 Å². The Kier molecular flexibility index (Phi) is 5.87. The molecule has 0 spiro atoms. The van der Waals surface area contributed by atoms with Crippen LogP contribution in [-0.2, 0) is 9.53 Å². The molecule has 5 nitrogen and oxygen atoms in total. The van der Waals surface area contributed by atoms with Gasteiger partial charge < -0.3 is 10.1 Å². The van der Waals surface area contributed by atoms with Gasteiger partial charge in [-0.15, -0.1) is 0 Å². The molecule has 2 rings (SSSR count). The van der Waals surface area contributed by atoms with E-state index in [0.717, 1.165) is 16.9 Å². The van der Waals surface area contributed by atoms with Gasteiger partial charge in [0.2, 0.25) is 5.91 Å². The van der Waals surface area contributed by atoms with E-state index in [2.05, 4.69) is 10.3 Å². The first-order valence-corrected chi connectivity index (χ1v) is 8.32. The van der Waals surface area contributed by atoms with E-state index in [1.54, 1.807) is 13.8 Å². The van der Waals surface area contributed by atoms with Gasteiger partial charge in [-0.1, -0.05) is 48.6 Å². The normalized spacial score (nSPS) is 11.8. The molecule has 1 amide bonds. The Morgan fingerprint density at radius 2 is 2.00 bits per heavy atom. The van der Waals surface area contributed by atoms with Crippen molar-refractivity contribution in [3.05, 3.63) is 46.5 Å². The van der Waals surface area contributed by atoms with Crippen molar-refractivity contribution in [3.8, 4) is 0 Å². The molecule has 0 aliphatic heterocycles. The highest BCUT2D eigenvalue weighted by Gasteiger charge is 2.18. The summed E-state index contributed by atoms with van der Waals surface area (Å²) in [6.07, 6.45) is 0.359. The summed E-state index contributed by atoms with van der Waals surface area (Å²) < 4.78 is 4.97. The highest BCUT2D eigenvalue weighted by atomic mass is 32.1. The topological polar surface area (TPSA) is 68.3 Å². The summed E-state index contributed by atoms with van der Waals surface area (Å²) in [7, 11) is 0. The molecule has 122 valence electrons. The van der Waals surface area contributed by atoms with Crippen LogP contribution in [-0.4, -0.2) is 23.5 Å². The minimum absolute atomic E-state index is 0.113. The summed E-state index contributed by atoms with van der Waals surface area (Å²) in [5.41, 5.74) is 1.69. The van der Waals surface area contributed by atoms with Crippen LogP contribution in [0.4, 0.5) is 5.13 Å². The lowest BCUT2D eigenvalue weighted by molar-refractivity contribution is -0.116. The number of carbonyl (C=O) groups excluding carboxylic acids is 2. The number of hydrogen-bond acceptors (Lipinski definition) is 5. The van der Waals surface area contributed by atoms with E-state index in [4.69, 9.17) is 4.74 Å². The maximum Gasteiger partial charge on any atom is 0.350 e. The Balaban J connectivity index is 1.98. The Morgan fingerprint density at radius 1 is 1.30 bits per heavy atom. The minimum atomic E-state index is -0.402. The Labute approximate surface area is 139 Å². The molecule has 1 heterocycles. The highest BCUT2D eigenvalue weighted by Crippen LogP contribution is 2.25. The molecule has 6 heteroatoms. The van der Waals surface area contributed by atoms with Crippen molar-refractivity contribution in [2.45, 2.75) is 33.1 Å². The van der Waals surface area contributed by atoms with Gasteiger partial charge in [0.1, 0.15) is 4.88 Å². The number of benzene rings is 1. The van der Waals surface area contributed by atoms with E-state index in [1.807, 2.05) is 37.3 Å². The summed E-state index contributed by atoms with van der Waals surface area (Å²) in [5, 5.41) is 3.19. The summed E-state index contributed by atoms with van der Waals surface area (Å²) in [5.74, 6) is -0.409. The third kappa shape index (κ3) is 4.63. The van der Waals surface area contributed by atoms with Gasteiger partial charge in [0.25, 0.3) is 0 Å². The second-order valence-corrected chi connectivity index (χ2v) is 6.22. The Hall–Kier alpha value is -2.21. The van der Waals surface area contributed by atoms with Crippen LogP contribution in [0.1, 0.15) is 47.1 Å². The molecule has 0 bridgehead atoms. The lowest BCUT2D eigenvalue weighted by atomic mass is 9.98. The molecule has 0 aliphatic rings. The highest BCUT2D eigenvalue weighted by molar-refractivity contribution is 7.17. The summed E-state index contributed by atoms with van der Waals surface area (Å²) >= 11 is 1.14. The fourth-order valence-corrected chi connectivity index (χ4v) is 3.06. The van der Waals surface area contributed by atoms with Gasteiger partial charge in [0, 0.05) is 6.42 Å². The lowest BCUT2D eigenvalue weighted by Gasteiger charge is -2.10. The molecule has 1 atom stereocenters. The van der Waals surface area contributed by atoms with E-state index in [1.165, 1.54) is 0 Å². The van der Waals surface area contributed by atoms with Crippen molar-refractivity contribution in [3.63, 3.8) is 0 Å². The van der Waals surface area contributed by atoms with E-state index in [-0.39, 0.29) is 11.8 Å². The fraction of sp³-hybridized carbons (Fsp3) is 0.353. The van der Waals surface area contributed by atoms with Crippen LogP contribution in [0.25, 0.3) is 0 Å². The summed E-state index contributed by atoms with van der Waals surface area (Å²) in [6.45, 7) is 5.80. The third-order valence-electron chi connectivity index (χ3n) is 3.36. The smallest absolute Gasteiger partial charge is 0.350 e. The van der Waals surface area contributed by atoms with Gasteiger partial charge in [-0.3, -0.25) is 4.79 Å². The van der Waals surface area contributed by atoms with Crippen LogP contribution in [0.2, 0.25) is 0 Å². The van der Waals surface area contributed by atoms with E-state index in [9.17, 15) is 9.59 Å². The molecular formula is C17H20N2O3S. The maximum atomic E-state index is 12.2. The number of anilines is 1. The Morgan fingerprint density at radius 3 is 2.65 bits per heavy atom. The van der Waals surface area contributed by atoms with Crippen LogP contribution >= 0.6 is 11.3 Å². The van der Waals surface area contributed by atoms with Crippen molar-refractivity contribution in [1.29, 1.82) is 0 Å². The number of aromatic nitrogens is 1. The van der Waals surface area contributed by atoms with Gasteiger partial charge in [-0.25, -0.2) is 9.78 Å². The molecule has 0 fully saturated rings. The number of nitrogens with zero attached hydrogens (tertiary/aromatic N) is 1. The Bertz CT molecular complexity index is 682. The number of esters is 1. The van der Waals surface area contributed by atoms with E-state index in [0.29, 0.717) is 28.7 Å². The van der Waals surface area contributed by atoms with Crippen molar-refractivity contribution in [2.24, 2.45) is 0 Å². The number of hydrogen-bond donors (Lipinski definition) is 1. The molecule has 0 radical (unpaired) electrons. The predicted octanol–water partition coefficient (Wildman–Crippen LogP) is 3.76. The largest absolute Gasteiger partial charge is 0.462 e.